The van der Waals surface area contributed by atoms with Gasteiger partial charge in [0.1, 0.15) is 0 Å². The number of nitrogens with zero attached hydrogens (tertiary/aromatic N) is 1. The number of unbranched alkanes of at least 4 members (excludes halogenated alkanes) is 9. The molecule has 0 aliphatic carbocycles. The fourth-order valence-electron chi connectivity index (χ4n) is 3.46. The standard InChI is InChI=1S/C20H44N4/c1-2-3-4-5-6-7-8-9-10-11-12-20(21)19-23-15-18-24-16-13-22-14-17-24/h20,22-23H,2-19,21H2,1H3. The fraction of sp³-hybridized carbons (Fsp3) is 1.00. The molecule has 4 heteroatoms. The van der Waals surface area contributed by atoms with Crippen LogP contribution >= 0.6 is 0 Å². The first-order chi connectivity index (χ1) is 11.8. The number of hydrogen-bond donors (Lipinski definition) is 3. The van der Waals surface area contributed by atoms with Gasteiger partial charge in [-0.1, -0.05) is 71.1 Å². The second kappa shape index (κ2) is 16.3. The van der Waals surface area contributed by atoms with Crippen molar-refractivity contribution in [3.05, 3.63) is 0 Å². The lowest BCUT2D eigenvalue weighted by atomic mass is 10.0. The van der Waals surface area contributed by atoms with E-state index >= 15 is 0 Å². The molecule has 4 N–H and O–H groups in total. The average molecular weight is 341 g/mol. The molecule has 1 atom stereocenters. The van der Waals surface area contributed by atoms with E-state index in [1.165, 1.54) is 83.7 Å². The smallest absolute Gasteiger partial charge is 0.0165 e. The molecule has 1 fully saturated rings. The summed E-state index contributed by atoms with van der Waals surface area (Å²) in [6, 6.07) is 0.335. The summed E-state index contributed by atoms with van der Waals surface area (Å²) in [6.45, 7) is 10.1. The zero-order valence-corrected chi connectivity index (χ0v) is 16.3. The van der Waals surface area contributed by atoms with Crippen molar-refractivity contribution in [3.8, 4) is 0 Å². The zero-order chi connectivity index (χ0) is 17.3. The van der Waals surface area contributed by atoms with Gasteiger partial charge in [0.15, 0.2) is 0 Å². The maximum absolute atomic E-state index is 6.22. The summed E-state index contributed by atoms with van der Waals surface area (Å²) in [5.74, 6) is 0. The third-order valence-corrected chi connectivity index (χ3v) is 5.15. The van der Waals surface area contributed by atoms with E-state index in [-0.39, 0.29) is 0 Å². The van der Waals surface area contributed by atoms with Crippen LogP contribution in [0.25, 0.3) is 0 Å². The van der Waals surface area contributed by atoms with Gasteiger partial charge in [-0.25, -0.2) is 0 Å². The SMILES string of the molecule is CCCCCCCCCCCCC(N)CNCCN1CCNCC1. The van der Waals surface area contributed by atoms with Gasteiger partial charge >= 0.3 is 0 Å². The molecule has 1 aliphatic rings. The van der Waals surface area contributed by atoms with E-state index in [2.05, 4.69) is 22.5 Å². The van der Waals surface area contributed by atoms with Crippen molar-refractivity contribution in [1.29, 1.82) is 0 Å². The molecule has 0 radical (unpaired) electrons. The van der Waals surface area contributed by atoms with Crippen molar-refractivity contribution < 1.29 is 0 Å². The van der Waals surface area contributed by atoms with E-state index in [1.54, 1.807) is 0 Å². The number of rotatable bonds is 16. The molecule has 24 heavy (non-hydrogen) atoms. The maximum atomic E-state index is 6.22. The molecule has 1 heterocycles. The van der Waals surface area contributed by atoms with Crippen LogP contribution in [0.5, 0.6) is 0 Å². The Morgan fingerprint density at radius 2 is 1.50 bits per heavy atom. The van der Waals surface area contributed by atoms with Crippen LogP contribution in [-0.4, -0.2) is 56.8 Å². The van der Waals surface area contributed by atoms with Crippen LogP contribution in [0.15, 0.2) is 0 Å². The van der Waals surface area contributed by atoms with Gasteiger partial charge in [0.25, 0.3) is 0 Å². The normalized spacial score (nSPS) is 17.2. The summed E-state index contributed by atoms with van der Waals surface area (Å²) in [7, 11) is 0. The minimum atomic E-state index is 0.335. The molecule has 1 saturated heterocycles. The summed E-state index contributed by atoms with van der Waals surface area (Å²) in [5.41, 5.74) is 6.22. The Morgan fingerprint density at radius 3 is 2.12 bits per heavy atom. The molecule has 0 spiro atoms. The van der Waals surface area contributed by atoms with Crippen LogP contribution in [0.4, 0.5) is 0 Å². The van der Waals surface area contributed by atoms with Crippen molar-refractivity contribution in [2.24, 2.45) is 5.73 Å². The van der Waals surface area contributed by atoms with Gasteiger partial charge in [-0.15, -0.1) is 0 Å². The highest BCUT2D eigenvalue weighted by molar-refractivity contribution is 4.70. The first-order valence-electron chi connectivity index (χ1n) is 10.7. The maximum Gasteiger partial charge on any atom is 0.0165 e. The quantitative estimate of drug-likeness (QED) is 0.378. The third-order valence-electron chi connectivity index (χ3n) is 5.15. The van der Waals surface area contributed by atoms with E-state index in [9.17, 15) is 0 Å². The molecular weight excluding hydrogens is 296 g/mol. The van der Waals surface area contributed by atoms with Gasteiger partial charge in [-0.05, 0) is 6.42 Å². The van der Waals surface area contributed by atoms with Gasteiger partial charge in [-0.2, -0.15) is 0 Å². The van der Waals surface area contributed by atoms with Crippen LogP contribution in [0, 0.1) is 0 Å². The summed E-state index contributed by atoms with van der Waals surface area (Å²) in [4.78, 5) is 2.53. The Hall–Kier alpha value is -0.160. The Morgan fingerprint density at radius 1 is 0.917 bits per heavy atom. The van der Waals surface area contributed by atoms with Crippen LogP contribution in [-0.2, 0) is 0 Å². The largest absolute Gasteiger partial charge is 0.327 e. The molecule has 0 aromatic rings. The van der Waals surface area contributed by atoms with E-state index < -0.39 is 0 Å². The zero-order valence-electron chi connectivity index (χ0n) is 16.3. The number of nitrogens with two attached hydrogens (primary N) is 1. The molecule has 0 saturated carbocycles. The van der Waals surface area contributed by atoms with Crippen LogP contribution in [0.2, 0.25) is 0 Å². The Bertz CT molecular complexity index is 254. The molecule has 1 rings (SSSR count). The van der Waals surface area contributed by atoms with Crippen molar-refractivity contribution >= 4 is 0 Å². The van der Waals surface area contributed by atoms with Gasteiger partial charge < -0.3 is 16.4 Å². The highest BCUT2D eigenvalue weighted by Gasteiger charge is 2.08. The summed E-state index contributed by atoms with van der Waals surface area (Å²) in [6.07, 6.45) is 15.2. The molecule has 4 nitrogen and oxygen atoms in total. The lowest BCUT2D eigenvalue weighted by Gasteiger charge is -2.27. The van der Waals surface area contributed by atoms with E-state index in [0.717, 1.165) is 32.7 Å². The minimum absolute atomic E-state index is 0.335. The number of piperazine rings is 1. The molecule has 1 aliphatic heterocycles. The van der Waals surface area contributed by atoms with E-state index in [4.69, 9.17) is 5.73 Å². The number of nitrogens with one attached hydrogen (secondary N) is 2. The van der Waals surface area contributed by atoms with Crippen molar-refractivity contribution in [2.75, 3.05) is 45.8 Å². The second-order valence-corrected chi connectivity index (χ2v) is 7.53. The number of hydrogen-bond acceptors (Lipinski definition) is 4. The monoisotopic (exact) mass is 340 g/mol. The van der Waals surface area contributed by atoms with Crippen molar-refractivity contribution in [2.45, 2.75) is 83.6 Å². The van der Waals surface area contributed by atoms with Crippen LogP contribution in [0.1, 0.15) is 77.6 Å². The molecule has 0 amide bonds. The topological polar surface area (TPSA) is 53.3 Å². The van der Waals surface area contributed by atoms with E-state index in [1.807, 2.05) is 0 Å². The highest BCUT2D eigenvalue weighted by atomic mass is 15.2. The summed E-state index contributed by atoms with van der Waals surface area (Å²) < 4.78 is 0. The predicted molar refractivity (Wildman–Crippen MR) is 107 cm³/mol. The van der Waals surface area contributed by atoms with Gasteiger partial charge in [-0.3, -0.25) is 4.90 Å². The molecular formula is C20H44N4. The van der Waals surface area contributed by atoms with Gasteiger partial charge in [0.05, 0.1) is 0 Å². The molecule has 0 aromatic heterocycles. The third kappa shape index (κ3) is 13.2. The van der Waals surface area contributed by atoms with Crippen molar-refractivity contribution in [3.63, 3.8) is 0 Å². The van der Waals surface area contributed by atoms with Crippen molar-refractivity contribution in [1.82, 2.24) is 15.5 Å². The van der Waals surface area contributed by atoms with Crippen LogP contribution in [0.3, 0.4) is 0 Å². The lowest BCUT2D eigenvalue weighted by Crippen LogP contribution is -2.46. The minimum Gasteiger partial charge on any atom is -0.327 e. The van der Waals surface area contributed by atoms with Crippen LogP contribution < -0.4 is 16.4 Å². The Labute approximate surface area is 151 Å². The average Bonchev–Trinajstić information content (AvgIpc) is 2.61. The Balaban J connectivity index is 1.77. The molecule has 1 unspecified atom stereocenters. The Kier molecular flexibility index (Phi) is 14.9. The fourth-order valence-corrected chi connectivity index (χ4v) is 3.46. The van der Waals surface area contributed by atoms with Gasteiger partial charge in [0, 0.05) is 51.9 Å². The highest BCUT2D eigenvalue weighted by Crippen LogP contribution is 2.11. The second-order valence-electron chi connectivity index (χ2n) is 7.53. The summed E-state index contributed by atoms with van der Waals surface area (Å²) >= 11 is 0. The van der Waals surface area contributed by atoms with E-state index in [0.29, 0.717) is 6.04 Å². The first-order valence-corrected chi connectivity index (χ1v) is 10.7. The molecule has 144 valence electrons. The lowest BCUT2D eigenvalue weighted by molar-refractivity contribution is 0.240. The van der Waals surface area contributed by atoms with Gasteiger partial charge in [0.2, 0.25) is 0 Å². The first kappa shape index (κ1) is 21.9. The predicted octanol–water partition coefficient (Wildman–Crippen LogP) is 3.12. The molecule has 0 bridgehead atoms. The molecule has 0 aromatic carbocycles. The summed E-state index contributed by atoms with van der Waals surface area (Å²) in [5, 5.41) is 6.92.